The molecule has 7 nitrogen and oxygen atoms in total. The van der Waals surface area contributed by atoms with E-state index in [9.17, 15) is 18.8 Å². The first-order valence-corrected chi connectivity index (χ1v) is 8.64. The van der Waals surface area contributed by atoms with Crippen molar-refractivity contribution >= 4 is 17.4 Å². The van der Waals surface area contributed by atoms with E-state index in [1.165, 1.54) is 19.2 Å². The number of carbonyl (C=O) groups excluding carboxylic acids is 1. The summed E-state index contributed by atoms with van der Waals surface area (Å²) in [6.07, 6.45) is 3.67. The van der Waals surface area contributed by atoms with E-state index >= 15 is 0 Å². The van der Waals surface area contributed by atoms with Crippen LogP contribution >= 0.6 is 0 Å². The van der Waals surface area contributed by atoms with Crippen LogP contribution in [0.5, 0.6) is 5.75 Å². The summed E-state index contributed by atoms with van der Waals surface area (Å²) in [5.41, 5.74) is -0.125. The van der Waals surface area contributed by atoms with Crippen molar-refractivity contribution in [3.63, 3.8) is 0 Å². The summed E-state index contributed by atoms with van der Waals surface area (Å²) in [6.45, 7) is 4.12. The number of nitrogens with one attached hydrogen (secondary N) is 1. The number of nitrogens with zero attached hydrogens (tertiary/aromatic N) is 4. The lowest BCUT2D eigenvalue weighted by Gasteiger charge is -2.44. The molecule has 1 fully saturated rings. The van der Waals surface area contributed by atoms with Gasteiger partial charge in [0.25, 0.3) is 5.91 Å². The lowest BCUT2D eigenvalue weighted by molar-refractivity contribution is 0.0725. The number of methoxy groups -OCH3 is 1. The molecule has 0 bridgehead atoms. The van der Waals surface area contributed by atoms with Crippen molar-refractivity contribution < 1.29 is 18.3 Å². The third kappa shape index (κ3) is 3.71. The van der Waals surface area contributed by atoms with Crippen molar-refractivity contribution in [1.29, 1.82) is 5.26 Å². The summed E-state index contributed by atoms with van der Waals surface area (Å²) in [7, 11) is 1.40. The van der Waals surface area contributed by atoms with E-state index < -0.39 is 17.8 Å². The van der Waals surface area contributed by atoms with Gasteiger partial charge in [0, 0.05) is 18.2 Å². The predicted molar refractivity (Wildman–Crippen MR) is 97.0 cm³/mol. The molecule has 2 aromatic rings. The van der Waals surface area contributed by atoms with E-state index in [4.69, 9.17) is 4.74 Å². The second-order valence-electron chi connectivity index (χ2n) is 7.18. The zero-order valence-corrected chi connectivity index (χ0v) is 15.7. The summed E-state index contributed by atoms with van der Waals surface area (Å²) < 4.78 is 32.1. The monoisotopic (exact) mass is 387 g/mol. The molecule has 0 saturated heterocycles. The SMILES string of the molecule is COc1ccc(N(C#N)c2cc(F)nc(F)c2)nc1C(=O)NC1CCC1(C)C. The summed E-state index contributed by atoms with van der Waals surface area (Å²) in [4.78, 5) is 20.9. The summed E-state index contributed by atoms with van der Waals surface area (Å²) in [5.74, 6) is -2.35. The number of nitriles is 1. The van der Waals surface area contributed by atoms with Crippen molar-refractivity contribution in [2.24, 2.45) is 5.41 Å². The first-order valence-electron chi connectivity index (χ1n) is 8.64. The van der Waals surface area contributed by atoms with Crippen LogP contribution in [0, 0.1) is 28.8 Å². The number of pyridine rings is 2. The van der Waals surface area contributed by atoms with Gasteiger partial charge in [0.2, 0.25) is 11.9 Å². The smallest absolute Gasteiger partial charge is 0.274 e. The van der Waals surface area contributed by atoms with Crippen LogP contribution < -0.4 is 15.0 Å². The molecule has 0 aliphatic heterocycles. The topological polar surface area (TPSA) is 91.1 Å². The molecule has 1 saturated carbocycles. The number of rotatable bonds is 5. The Morgan fingerprint density at radius 1 is 1.32 bits per heavy atom. The van der Waals surface area contributed by atoms with Crippen molar-refractivity contribution in [2.75, 3.05) is 12.0 Å². The van der Waals surface area contributed by atoms with Crippen LogP contribution in [0.2, 0.25) is 0 Å². The quantitative estimate of drug-likeness (QED) is 0.481. The number of amides is 1. The molecular formula is C19H19F2N5O2. The van der Waals surface area contributed by atoms with Crippen LogP contribution in [0.1, 0.15) is 37.2 Å². The predicted octanol–water partition coefficient (Wildman–Crippen LogP) is 3.30. The Labute approximate surface area is 161 Å². The number of aromatic nitrogens is 2. The van der Waals surface area contributed by atoms with Gasteiger partial charge in [0.05, 0.1) is 12.8 Å². The second-order valence-corrected chi connectivity index (χ2v) is 7.18. The number of halogens is 2. The van der Waals surface area contributed by atoms with Gasteiger partial charge in [-0.05, 0) is 30.4 Å². The number of anilines is 2. The first-order chi connectivity index (χ1) is 13.2. The summed E-state index contributed by atoms with van der Waals surface area (Å²) in [6, 6.07) is 4.69. The fourth-order valence-electron chi connectivity index (χ4n) is 3.07. The molecule has 1 unspecified atom stereocenters. The standard InChI is InChI=1S/C19H19F2N5O2/c1-19(2)7-6-13(19)23-18(27)17-12(28-3)4-5-16(25-17)26(10-22)11-8-14(20)24-15(21)9-11/h4-5,8-9,13H,6-7H2,1-3H3,(H,23,27). The number of hydrogen-bond donors (Lipinski definition) is 1. The van der Waals surface area contributed by atoms with Crippen molar-refractivity contribution in [1.82, 2.24) is 15.3 Å². The Bertz CT molecular complexity index is 938. The maximum absolute atomic E-state index is 13.4. The molecule has 2 heterocycles. The zero-order chi connectivity index (χ0) is 20.5. The van der Waals surface area contributed by atoms with Crippen LogP contribution in [0.15, 0.2) is 24.3 Å². The molecule has 28 heavy (non-hydrogen) atoms. The molecule has 2 aromatic heterocycles. The maximum Gasteiger partial charge on any atom is 0.274 e. The minimum absolute atomic E-state index is 0.00521. The van der Waals surface area contributed by atoms with Crippen LogP contribution in [-0.2, 0) is 0 Å². The third-order valence-electron chi connectivity index (χ3n) is 4.94. The molecular weight excluding hydrogens is 368 g/mol. The van der Waals surface area contributed by atoms with Crippen molar-refractivity contribution in [2.45, 2.75) is 32.7 Å². The number of hydrogen-bond acceptors (Lipinski definition) is 6. The Morgan fingerprint density at radius 3 is 2.50 bits per heavy atom. The van der Waals surface area contributed by atoms with E-state index in [1.807, 2.05) is 0 Å². The van der Waals surface area contributed by atoms with Crippen molar-refractivity contribution in [3.8, 4) is 11.9 Å². The maximum atomic E-state index is 13.4. The summed E-state index contributed by atoms with van der Waals surface area (Å²) in [5, 5.41) is 12.4. The van der Waals surface area contributed by atoms with E-state index in [0.717, 1.165) is 29.9 Å². The first kappa shape index (κ1) is 19.5. The van der Waals surface area contributed by atoms with Gasteiger partial charge in [-0.2, -0.15) is 19.0 Å². The fourth-order valence-corrected chi connectivity index (χ4v) is 3.07. The lowest BCUT2D eigenvalue weighted by Crippen LogP contribution is -2.52. The molecule has 146 valence electrons. The third-order valence-corrected chi connectivity index (χ3v) is 4.94. The van der Waals surface area contributed by atoms with E-state index in [-0.39, 0.29) is 34.4 Å². The van der Waals surface area contributed by atoms with Gasteiger partial charge in [-0.25, -0.2) is 9.88 Å². The van der Waals surface area contributed by atoms with Gasteiger partial charge in [-0.3, -0.25) is 4.79 Å². The largest absolute Gasteiger partial charge is 0.494 e. The zero-order valence-electron chi connectivity index (χ0n) is 15.7. The molecule has 9 heteroatoms. The van der Waals surface area contributed by atoms with Gasteiger partial charge in [-0.1, -0.05) is 13.8 Å². The van der Waals surface area contributed by atoms with Crippen LogP contribution in [0.4, 0.5) is 20.3 Å². The molecule has 3 rings (SSSR count). The van der Waals surface area contributed by atoms with E-state index in [0.29, 0.717) is 0 Å². The van der Waals surface area contributed by atoms with Gasteiger partial charge in [0.15, 0.2) is 11.9 Å². The minimum atomic E-state index is -1.08. The van der Waals surface area contributed by atoms with Crippen molar-refractivity contribution in [3.05, 3.63) is 41.9 Å². The molecule has 1 aliphatic carbocycles. The minimum Gasteiger partial charge on any atom is -0.494 e. The molecule has 0 radical (unpaired) electrons. The highest BCUT2D eigenvalue weighted by Crippen LogP contribution is 2.40. The number of carbonyl (C=O) groups is 1. The van der Waals surface area contributed by atoms with E-state index in [2.05, 4.69) is 29.1 Å². The van der Waals surface area contributed by atoms with Gasteiger partial charge < -0.3 is 10.1 Å². The van der Waals surface area contributed by atoms with Gasteiger partial charge in [-0.15, -0.1) is 0 Å². The molecule has 0 aromatic carbocycles. The van der Waals surface area contributed by atoms with Gasteiger partial charge in [0.1, 0.15) is 11.6 Å². The van der Waals surface area contributed by atoms with Crippen LogP contribution in [0.3, 0.4) is 0 Å². The molecule has 1 N–H and O–H groups in total. The van der Waals surface area contributed by atoms with E-state index in [1.54, 1.807) is 6.19 Å². The Morgan fingerprint density at radius 2 is 2.00 bits per heavy atom. The highest BCUT2D eigenvalue weighted by molar-refractivity contribution is 5.96. The molecule has 0 spiro atoms. The molecule has 1 amide bonds. The Balaban J connectivity index is 1.95. The summed E-state index contributed by atoms with van der Waals surface area (Å²) >= 11 is 0. The lowest BCUT2D eigenvalue weighted by atomic mass is 9.67. The second kappa shape index (κ2) is 7.38. The fraction of sp³-hybridized carbons (Fsp3) is 0.368. The highest BCUT2D eigenvalue weighted by Gasteiger charge is 2.39. The Hall–Kier alpha value is -3.28. The number of ether oxygens (including phenoxy) is 1. The van der Waals surface area contributed by atoms with Gasteiger partial charge >= 0.3 is 0 Å². The van der Waals surface area contributed by atoms with Crippen LogP contribution in [0.25, 0.3) is 0 Å². The molecule has 1 atom stereocenters. The average Bonchev–Trinajstić information content (AvgIpc) is 2.65. The average molecular weight is 387 g/mol. The Kier molecular flexibility index (Phi) is 5.14. The molecule has 1 aliphatic rings. The van der Waals surface area contributed by atoms with Crippen LogP contribution in [-0.4, -0.2) is 29.0 Å². The highest BCUT2D eigenvalue weighted by atomic mass is 19.1. The normalized spacial score (nSPS) is 17.2.